The molecule has 3 atom stereocenters. The lowest BCUT2D eigenvalue weighted by atomic mass is 10.1. The van der Waals surface area contributed by atoms with Crippen LogP contribution in [0.1, 0.15) is 31.6 Å². The van der Waals surface area contributed by atoms with Crippen molar-refractivity contribution in [2.24, 2.45) is 11.7 Å². The summed E-state index contributed by atoms with van der Waals surface area (Å²) in [5.74, 6) is 3.17. The molecule has 2 N–H and O–H groups in total. The predicted molar refractivity (Wildman–Crippen MR) is 60.4 cm³/mol. The molecule has 3 nitrogen and oxygen atoms in total. The number of aromatic nitrogens is 2. The van der Waals surface area contributed by atoms with E-state index in [-0.39, 0.29) is 6.04 Å². The SMILES string of the molecule is CC1CSCC1n1cncc1[C@H](C)N. The number of nitrogens with zero attached hydrogens (tertiary/aromatic N) is 2. The lowest BCUT2D eigenvalue weighted by Gasteiger charge is -2.20. The Balaban J connectivity index is 2.26. The molecular weight excluding hydrogens is 194 g/mol. The number of imidazole rings is 1. The molecule has 0 bridgehead atoms. The van der Waals surface area contributed by atoms with Crippen LogP contribution in [0.15, 0.2) is 12.5 Å². The van der Waals surface area contributed by atoms with Gasteiger partial charge in [-0.25, -0.2) is 4.98 Å². The van der Waals surface area contributed by atoms with Gasteiger partial charge in [0.1, 0.15) is 0 Å². The molecule has 1 aliphatic heterocycles. The Morgan fingerprint density at radius 2 is 2.43 bits per heavy atom. The molecule has 0 aliphatic carbocycles. The van der Waals surface area contributed by atoms with Crippen molar-refractivity contribution in [2.75, 3.05) is 11.5 Å². The number of rotatable bonds is 2. The molecule has 14 heavy (non-hydrogen) atoms. The van der Waals surface area contributed by atoms with Crippen molar-refractivity contribution in [1.82, 2.24) is 9.55 Å². The highest BCUT2D eigenvalue weighted by atomic mass is 32.2. The third kappa shape index (κ3) is 1.68. The third-order valence-electron chi connectivity index (χ3n) is 2.85. The van der Waals surface area contributed by atoms with E-state index < -0.39 is 0 Å². The average Bonchev–Trinajstić information content (AvgIpc) is 2.70. The fourth-order valence-corrected chi connectivity index (χ4v) is 3.41. The summed E-state index contributed by atoms with van der Waals surface area (Å²) in [6, 6.07) is 0.666. The highest BCUT2D eigenvalue weighted by Crippen LogP contribution is 2.34. The molecule has 4 heteroatoms. The van der Waals surface area contributed by atoms with Gasteiger partial charge in [0.15, 0.2) is 0 Å². The average molecular weight is 211 g/mol. The van der Waals surface area contributed by atoms with Gasteiger partial charge in [-0.05, 0) is 18.6 Å². The van der Waals surface area contributed by atoms with E-state index >= 15 is 0 Å². The zero-order valence-corrected chi connectivity index (χ0v) is 9.50. The molecule has 1 aromatic rings. The van der Waals surface area contributed by atoms with Gasteiger partial charge in [0, 0.05) is 24.0 Å². The van der Waals surface area contributed by atoms with E-state index in [0.29, 0.717) is 6.04 Å². The van der Waals surface area contributed by atoms with E-state index in [2.05, 4.69) is 16.5 Å². The zero-order valence-electron chi connectivity index (χ0n) is 8.68. The highest BCUT2D eigenvalue weighted by Gasteiger charge is 2.27. The van der Waals surface area contributed by atoms with Gasteiger partial charge in [0.25, 0.3) is 0 Å². The highest BCUT2D eigenvalue weighted by molar-refractivity contribution is 7.99. The van der Waals surface area contributed by atoms with Crippen LogP contribution in [-0.4, -0.2) is 21.1 Å². The second-order valence-electron chi connectivity index (χ2n) is 4.10. The summed E-state index contributed by atoms with van der Waals surface area (Å²) in [4.78, 5) is 4.20. The summed E-state index contributed by atoms with van der Waals surface area (Å²) in [6.07, 6.45) is 3.81. The first-order valence-corrected chi connectivity index (χ1v) is 6.20. The number of hydrogen-bond donors (Lipinski definition) is 1. The smallest absolute Gasteiger partial charge is 0.0951 e. The molecule has 78 valence electrons. The van der Waals surface area contributed by atoms with Gasteiger partial charge in [0.05, 0.1) is 12.0 Å². The second kappa shape index (κ2) is 3.95. The van der Waals surface area contributed by atoms with Crippen LogP contribution in [0.5, 0.6) is 0 Å². The van der Waals surface area contributed by atoms with E-state index in [4.69, 9.17) is 5.73 Å². The van der Waals surface area contributed by atoms with E-state index in [1.165, 1.54) is 11.5 Å². The molecule has 1 aliphatic rings. The van der Waals surface area contributed by atoms with Crippen molar-refractivity contribution < 1.29 is 0 Å². The standard InChI is InChI=1S/C10H17N3S/c1-7-4-14-5-10(7)13-6-12-3-9(13)8(2)11/h3,6-8,10H,4-5,11H2,1-2H3/t7?,8-,10?/m0/s1. The Labute approximate surface area is 89.1 Å². The summed E-state index contributed by atoms with van der Waals surface area (Å²) in [5.41, 5.74) is 7.06. The van der Waals surface area contributed by atoms with Crippen LogP contribution in [0.2, 0.25) is 0 Å². The largest absolute Gasteiger partial charge is 0.329 e. The van der Waals surface area contributed by atoms with Crippen molar-refractivity contribution in [1.29, 1.82) is 0 Å². The van der Waals surface area contributed by atoms with Crippen LogP contribution in [-0.2, 0) is 0 Å². The van der Waals surface area contributed by atoms with Crippen molar-refractivity contribution in [3.8, 4) is 0 Å². The first kappa shape index (κ1) is 10.1. The fraction of sp³-hybridized carbons (Fsp3) is 0.700. The molecule has 0 radical (unpaired) electrons. The molecule has 2 heterocycles. The predicted octanol–water partition coefficient (Wildman–Crippen LogP) is 1.83. The van der Waals surface area contributed by atoms with Crippen molar-refractivity contribution in [3.63, 3.8) is 0 Å². The van der Waals surface area contributed by atoms with Crippen molar-refractivity contribution in [2.45, 2.75) is 25.9 Å². The molecule has 1 aromatic heterocycles. The van der Waals surface area contributed by atoms with Gasteiger partial charge in [-0.15, -0.1) is 0 Å². The lowest BCUT2D eigenvalue weighted by Crippen LogP contribution is -2.20. The van der Waals surface area contributed by atoms with Crippen molar-refractivity contribution >= 4 is 11.8 Å². The molecule has 2 unspecified atom stereocenters. The molecule has 0 amide bonds. The Bertz CT molecular complexity index is 308. The molecule has 0 saturated carbocycles. The van der Waals surface area contributed by atoms with Crippen LogP contribution in [0.25, 0.3) is 0 Å². The molecule has 0 aromatic carbocycles. The van der Waals surface area contributed by atoms with Gasteiger partial charge in [-0.2, -0.15) is 11.8 Å². The van der Waals surface area contributed by atoms with Gasteiger partial charge < -0.3 is 10.3 Å². The summed E-state index contributed by atoms with van der Waals surface area (Å²) in [6.45, 7) is 4.32. The second-order valence-corrected chi connectivity index (χ2v) is 5.17. The Kier molecular flexibility index (Phi) is 2.83. The maximum Gasteiger partial charge on any atom is 0.0951 e. The topological polar surface area (TPSA) is 43.8 Å². The van der Waals surface area contributed by atoms with Crippen LogP contribution >= 0.6 is 11.8 Å². The Morgan fingerprint density at radius 1 is 1.64 bits per heavy atom. The summed E-state index contributed by atoms with van der Waals surface area (Å²) in [7, 11) is 0. The van der Waals surface area contributed by atoms with Gasteiger partial charge >= 0.3 is 0 Å². The number of hydrogen-bond acceptors (Lipinski definition) is 3. The summed E-state index contributed by atoms with van der Waals surface area (Å²) >= 11 is 2.02. The monoisotopic (exact) mass is 211 g/mol. The van der Waals surface area contributed by atoms with Crippen LogP contribution in [0.3, 0.4) is 0 Å². The quantitative estimate of drug-likeness (QED) is 0.811. The number of nitrogens with two attached hydrogens (primary N) is 1. The molecule has 1 saturated heterocycles. The summed E-state index contributed by atoms with van der Waals surface area (Å²) < 4.78 is 2.26. The van der Waals surface area contributed by atoms with Gasteiger partial charge in [0.2, 0.25) is 0 Å². The van der Waals surface area contributed by atoms with E-state index in [0.717, 1.165) is 11.6 Å². The van der Waals surface area contributed by atoms with Crippen molar-refractivity contribution in [3.05, 3.63) is 18.2 Å². The Hall–Kier alpha value is -0.480. The van der Waals surface area contributed by atoms with E-state index in [1.807, 2.05) is 31.2 Å². The third-order valence-corrected chi connectivity index (χ3v) is 4.18. The zero-order chi connectivity index (χ0) is 10.1. The lowest BCUT2D eigenvalue weighted by molar-refractivity contribution is 0.420. The molecule has 1 fully saturated rings. The normalized spacial score (nSPS) is 29.4. The first-order valence-electron chi connectivity index (χ1n) is 5.05. The maximum absolute atomic E-state index is 5.90. The van der Waals surface area contributed by atoms with E-state index in [1.54, 1.807) is 0 Å². The summed E-state index contributed by atoms with van der Waals surface area (Å²) in [5, 5.41) is 0. The van der Waals surface area contributed by atoms with Gasteiger partial charge in [-0.1, -0.05) is 6.92 Å². The minimum atomic E-state index is 0.0790. The van der Waals surface area contributed by atoms with Crippen LogP contribution in [0, 0.1) is 5.92 Å². The number of thioether (sulfide) groups is 1. The van der Waals surface area contributed by atoms with Crippen LogP contribution in [0.4, 0.5) is 0 Å². The fourth-order valence-electron chi connectivity index (χ4n) is 1.95. The minimum absolute atomic E-state index is 0.0790. The van der Waals surface area contributed by atoms with Crippen LogP contribution < -0.4 is 5.73 Å². The first-order chi connectivity index (χ1) is 6.70. The minimum Gasteiger partial charge on any atom is -0.329 e. The molecule has 2 rings (SSSR count). The van der Waals surface area contributed by atoms with E-state index in [9.17, 15) is 0 Å². The Morgan fingerprint density at radius 3 is 3.00 bits per heavy atom. The molecular formula is C10H17N3S. The molecule has 0 spiro atoms. The van der Waals surface area contributed by atoms with Gasteiger partial charge in [-0.3, -0.25) is 0 Å². The maximum atomic E-state index is 5.90.